The molecule has 0 aliphatic heterocycles. The molecule has 0 atom stereocenters. The molecule has 0 saturated heterocycles. The molecule has 0 aliphatic rings. The van der Waals surface area contributed by atoms with Gasteiger partial charge in [-0.15, -0.1) is 0 Å². The van der Waals surface area contributed by atoms with Crippen molar-refractivity contribution in [2.45, 2.75) is 6.54 Å². The molecular weight excluding hydrogens is 219 g/mol. The summed E-state index contributed by atoms with van der Waals surface area (Å²) in [6.07, 6.45) is 3.35. The second kappa shape index (κ2) is 4.03. The molecule has 1 aromatic carbocycles. The highest BCUT2D eigenvalue weighted by molar-refractivity contribution is 6.35. The number of hydrogen-bond donors (Lipinski definition) is 0. The van der Waals surface area contributed by atoms with Crippen LogP contribution in [-0.2, 0) is 6.54 Å². The minimum absolute atomic E-state index is 0.571. The van der Waals surface area contributed by atoms with Crippen LogP contribution in [0.5, 0.6) is 0 Å². The third-order valence-electron chi connectivity index (χ3n) is 1.89. The van der Waals surface area contributed by atoms with Gasteiger partial charge in [0.15, 0.2) is 0 Å². The Kier molecular flexibility index (Phi) is 2.75. The topological polar surface area (TPSA) is 17.8 Å². The van der Waals surface area contributed by atoms with Gasteiger partial charge in [-0.1, -0.05) is 29.3 Å². The molecule has 0 amide bonds. The highest BCUT2D eigenvalue weighted by Gasteiger charge is 2.05. The lowest BCUT2D eigenvalue weighted by atomic mass is 10.2. The number of rotatable bonds is 2. The van der Waals surface area contributed by atoms with Crippen molar-refractivity contribution >= 4 is 23.2 Å². The van der Waals surface area contributed by atoms with Crippen LogP contribution in [0, 0.1) is 6.07 Å². The molecule has 4 heteroatoms. The van der Waals surface area contributed by atoms with Crippen LogP contribution >= 0.6 is 23.2 Å². The van der Waals surface area contributed by atoms with Crippen molar-refractivity contribution in [2.75, 3.05) is 0 Å². The van der Waals surface area contributed by atoms with Gasteiger partial charge < -0.3 is 0 Å². The van der Waals surface area contributed by atoms with E-state index >= 15 is 0 Å². The zero-order chi connectivity index (χ0) is 9.97. The van der Waals surface area contributed by atoms with Gasteiger partial charge in [-0.3, -0.25) is 4.68 Å². The molecule has 0 bridgehead atoms. The van der Waals surface area contributed by atoms with E-state index in [1.54, 1.807) is 17.1 Å². The van der Waals surface area contributed by atoms with Gasteiger partial charge in [0.2, 0.25) is 0 Å². The second-order valence-corrected chi connectivity index (χ2v) is 3.65. The standard InChI is InChI=1S/C10H7Cl2N2/c11-9-3-1-4-10(12)8(9)7-14-6-2-5-13-14/h1,3-6H,7H2. The van der Waals surface area contributed by atoms with E-state index in [2.05, 4.69) is 11.2 Å². The Bertz CT molecular complexity index is 403. The van der Waals surface area contributed by atoms with Crippen LogP contribution in [0.3, 0.4) is 0 Å². The van der Waals surface area contributed by atoms with E-state index in [-0.39, 0.29) is 0 Å². The Balaban J connectivity index is 2.33. The van der Waals surface area contributed by atoms with E-state index in [0.29, 0.717) is 16.6 Å². The van der Waals surface area contributed by atoms with Crippen LogP contribution in [0.1, 0.15) is 5.56 Å². The van der Waals surface area contributed by atoms with Crippen LogP contribution < -0.4 is 0 Å². The lowest BCUT2D eigenvalue weighted by molar-refractivity contribution is 0.687. The molecule has 14 heavy (non-hydrogen) atoms. The summed E-state index contributed by atoms with van der Waals surface area (Å²) < 4.78 is 1.73. The van der Waals surface area contributed by atoms with Gasteiger partial charge in [-0.05, 0) is 12.1 Å². The average Bonchev–Trinajstić information content (AvgIpc) is 2.64. The van der Waals surface area contributed by atoms with Crippen molar-refractivity contribution in [1.82, 2.24) is 9.78 Å². The van der Waals surface area contributed by atoms with Crippen LogP contribution in [0.4, 0.5) is 0 Å². The van der Waals surface area contributed by atoms with Crippen LogP contribution in [0.15, 0.2) is 30.6 Å². The Hall–Kier alpha value is -0.990. The van der Waals surface area contributed by atoms with Crippen LogP contribution in [-0.4, -0.2) is 9.78 Å². The molecule has 2 nitrogen and oxygen atoms in total. The zero-order valence-corrected chi connectivity index (χ0v) is 8.76. The summed E-state index contributed by atoms with van der Waals surface area (Å²) in [4.78, 5) is 0. The van der Waals surface area contributed by atoms with Crippen molar-refractivity contribution in [2.24, 2.45) is 0 Å². The van der Waals surface area contributed by atoms with Gasteiger partial charge in [0, 0.05) is 27.9 Å². The van der Waals surface area contributed by atoms with E-state index < -0.39 is 0 Å². The Morgan fingerprint density at radius 3 is 2.57 bits per heavy atom. The summed E-state index contributed by atoms with van der Waals surface area (Å²) in [6, 6.07) is 8.31. The first-order valence-corrected chi connectivity index (χ1v) is 4.84. The molecule has 2 rings (SSSR count). The van der Waals surface area contributed by atoms with E-state index in [1.807, 2.05) is 18.2 Å². The van der Waals surface area contributed by atoms with Gasteiger partial charge in [-0.2, -0.15) is 5.10 Å². The van der Waals surface area contributed by atoms with E-state index in [1.165, 1.54) is 0 Å². The van der Waals surface area contributed by atoms with Crippen molar-refractivity contribution in [3.63, 3.8) is 0 Å². The summed E-state index contributed by atoms with van der Waals surface area (Å²) in [5.74, 6) is 0. The molecule has 0 N–H and O–H groups in total. The zero-order valence-electron chi connectivity index (χ0n) is 7.24. The quantitative estimate of drug-likeness (QED) is 0.769. The largest absolute Gasteiger partial charge is 0.268 e. The van der Waals surface area contributed by atoms with E-state index in [0.717, 1.165) is 5.56 Å². The van der Waals surface area contributed by atoms with Crippen molar-refractivity contribution in [1.29, 1.82) is 0 Å². The molecule has 71 valence electrons. The summed E-state index contributed by atoms with van der Waals surface area (Å²) in [7, 11) is 0. The molecule has 2 aromatic rings. The number of nitrogens with zero attached hydrogens (tertiary/aromatic N) is 2. The predicted octanol–water partition coefficient (Wildman–Crippen LogP) is 3.04. The summed E-state index contributed by atoms with van der Waals surface area (Å²) in [5, 5.41) is 5.36. The van der Waals surface area contributed by atoms with Crippen molar-refractivity contribution in [3.8, 4) is 0 Å². The third kappa shape index (κ3) is 1.91. The fourth-order valence-corrected chi connectivity index (χ4v) is 1.71. The Morgan fingerprint density at radius 2 is 2.00 bits per heavy atom. The smallest absolute Gasteiger partial charge is 0.0688 e. The SMILES string of the molecule is Clc1cccc(Cl)c1Cn1c[c]cn1. The maximum Gasteiger partial charge on any atom is 0.0688 e. The first-order chi connectivity index (χ1) is 6.77. The Labute approximate surface area is 92.1 Å². The number of halogens is 2. The molecule has 0 aliphatic carbocycles. The molecular formula is C10H7Cl2N2. The van der Waals surface area contributed by atoms with Crippen molar-refractivity contribution in [3.05, 3.63) is 52.3 Å². The maximum absolute atomic E-state index is 6.01. The lowest BCUT2D eigenvalue weighted by Gasteiger charge is -2.06. The molecule has 0 saturated carbocycles. The van der Waals surface area contributed by atoms with Gasteiger partial charge >= 0.3 is 0 Å². The predicted molar refractivity (Wildman–Crippen MR) is 56.6 cm³/mol. The van der Waals surface area contributed by atoms with E-state index in [9.17, 15) is 0 Å². The summed E-state index contributed by atoms with van der Waals surface area (Å²) in [6.45, 7) is 0.571. The van der Waals surface area contributed by atoms with Gasteiger partial charge in [-0.25, -0.2) is 0 Å². The fraction of sp³-hybridized carbons (Fsp3) is 0.100. The highest BCUT2D eigenvalue weighted by atomic mass is 35.5. The number of aromatic nitrogens is 2. The Morgan fingerprint density at radius 1 is 1.29 bits per heavy atom. The van der Waals surface area contributed by atoms with Gasteiger partial charge in [0.1, 0.15) is 0 Å². The van der Waals surface area contributed by atoms with Gasteiger partial charge in [0.05, 0.1) is 12.7 Å². The molecule has 0 fully saturated rings. The monoisotopic (exact) mass is 225 g/mol. The number of benzene rings is 1. The second-order valence-electron chi connectivity index (χ2n) is 2.84. The van der Waals surface area contributed by atoms with E-state index in [4.69, 9.17) is 23.2 Å². The van der Waals surface area contributed by atoms with Gasteiger partial charge in [0.25, 0.3) is 0 Å². The van der Waals surface area contributed by atoms with Crippen LogP contribution in [0.25, 0.3) is 0 Å². The average molecular weight is 226 g/mol. The molecule has 1 radical (unpaired) electrons. The normalized spacial score (nSPS) is 10.4. The molecule has 1 aromatic heterocycles. The van der Waals surface area contributed by atoms with Crippen molar-refractivity contribution < 1.29 is 0 Å². The first-order valence-electron chi connectivity index (χ1n) is 4.09. The lowest BCUT2D eigenvalue weighted by Crippen LogP contribution is -2.01. The maximum atomic E-state index is 6.01. The molecule has 1 heterocycles. The summed E-state index contributed by atoms with van der Waals surface area (Å²) in [5.41, 5.74) is 0.882. The third-order valence-corrected chi connectivity index (χ3v) is 2.59. The fourth-order valence-electron chi connectivity index (χ4n) is 1.19. The molecule has 0 unspecified atom stereocenters. The minimum atomic E-state index is 0.571. The highest BCUT2D eigenvalue weighted by Crippen LogP contribution is 2.24. The number of hydrogen-bond acceptors (Lipinski definition) is 1. The summed E-state index contributed by atoms with van der Waals surface area (Å²) >= 11 is 12.0. The van der Waals surface area contributed by atoms with Crippen LogP contribution in [0.2, 0.25) is 10.0 Å². The first kappa shape index (κ1) is 9.56. The minimum Gasteiger partial charge on any atom is -0.268 e. The molecule has 0 spiro atoms.